The average Bonchev–Trinajstić information content (AvgIpc) is 2.92. The first-order valence-electron chi connectivity index (χ1n) is 6.48. The van der Waals surface area contributed by atoms with Crippen molar-refractivity contribution in [3.8, 4) is 0 Å². The molecule has 0 saturated carbocycles. The van der Waals surface area contributed by atoms with Crippen molar-refractivity contribution < 1.29 is 19.4 Å². The van der Waals surface area contributed by atoms with Gasteiger partial charge in [-0.2, -0.15) is 5.10 Å². The molecule has 1 aromatic carbocycles. The standard InChI is InChI=1S/C15H15N3O4/c1-2-7-22-15(21)17-12-8-16-18(10-12)9-11-5-3-4-6-13(11)14(19)20/h2-6,8,10H,1,7,9H2,(H,17,21)(H,19,20). The Morgan fingerprint density at radius 3 is 2.91 bits per heavy atom. The molecule has 0 atom stereocenters. The van der Waals surface area contributed by atoms with Crippen molar-refractivity contribution in [1.29, 1.82) is 0 Å². The zero-order valence-corrected chi connectivity index (χ0v) is 11.7. The third-order valence-electron chi connectivity index (χ3n) is 2.79. The molecule has 0 radical (unpaired) electrons. The third-order valence-corrected chi connectivity index (χ3v) is 2.79. The normalized spacial score (nSPS) is 10.0. The van der Waals surface area contributed by atoms with Gasteiger partial charge in [-0.25, -0.2) is 9.59 Å². The summed E-state index contributed by atoms with van der Waals surface area (Å²) in [6.45, 7) is 3.84. The number of hydrogen-bond donors (Lipinski definition) is 2. The number of rotatable bonds is 6. The summed E-state index contributed by atoms with van der Waals surface area (Å²) in [5.41, 5.74) is 1.30. The van der Waals surface area contributed by atoms with Crippen molar-refractivity contribution in [3.05, 3.63) is 60.4 Å². The van der Waals surface area contributed by atoms with Gasteiger partial charge >= 0.3 is 12.1 Å². The van der Waals surface area contributed by atoms with Crippen LogP contribution in [0.2, 0.25) is 0 Å². The summed E-state index contributed by atoms with van der Waals surface area (Å²) in [5.74, 6) is -0.992. The summed E-state index contributed by atoms with van der Waals surface area (Å²) in [7, 11) is 0. The molecule has 1 aromatic heterocycles. The fourth-order valence-electron chi connectivity index (χ4n) is 1.84. The molecule has 22 heavy (non-hydrogen) atoms. The zero-order chi connectivity index (χ0) is 15.9. The van der Waals surface area contributed by atoms with Gasteiger partial charge in [0.15, 0.2) is 0 Å². The van der Waals surface area contributed by atoms with Crippen molar-refractivity contribution in [2.24, 2.45) is 0 Å². The first kappa shape index (κ1) is 15.3. The number of aromatic carboxylic acids is 1. The number of anilines is 1. The zero-order valence-electron chi connectivity index (χ0n) is 11.7. The van der Waals surface area contributed by atoms with Crippen LogP contribution >= 0.6 is 0 Å². The van der Waals surface area contributed by atoms with E-state index in [1.165, 1.54) is 23.0 Å². The molecule has 0 spiro atoms. The maximum Gasteiger partial charge on any atom is 0.412 e. The Bertz CT molecular complexity index is 694. The molecule has 0 saturated heterocycles. The second-order valence-electron chi connectivity index (χ2n) is 4.40. The molecule has 0 aliphatic rings. The third kappa shape index (κ3) is 3.95. The molecule has 2 aromatic rings. The van der Waals surface area contributed by atoms with Crippen molar-refractivity contribution >= 4 is 17.7 Å². The summed E-state index contributed by atoms with van der Waals surface area (Å²) in [6.07, 6.45) is 3.91. The minimum atomic E-state index is -0.992. The van der Waals surface area contributed by atoms with Crippen molar-refractivity contribution in [3.63, 3.8) is 0 Å². The van der Waals surface area contributed by atoms with E-state index in [0.29, 0.717) is 11.3 Å². The van der Waals surface area contributed by atoms with Crippen LogP contribution in [0.5, 0.6) is 0 Å². The van der Waals surface area contributed by atoms with Gasteiger partial charge in [-0.05, 0) is 11.6 Å². The Kier molecular flexibility index (Phi) is 4.92. The molecule has 0 fully saturated rings. The van der Waals surface area contributed by atoms with Gasteiger partial charge < -0.3 is 9.84 Å². The van der Waals surface area contributed by atoms with Crippen LogP contribution in [0, 0.1) is 0 Å². The molecule has 0 aliphatic carbocycles. The van der Waals surface area contributed by atoms with E-state index >= 15 is 0 Å². The lowest BCUT2D eigenvalue weighted by Crippen LogP contribution is -2.13. The molecule has 7 nitrogen and oxygen atoms in total. The van der Waals surface area contributed by atoms with E-state index in [1.807, 2.05) is 0 Å². The highest BCUT2D eigenvalue weighted by Gasteiger charge is 2.10. The molecule has 2 rings (SSSR count). The largest absolute Gasteiger partial charge is 0.478 e. The van der Waals surface area contributed by atoms with Gasteiger partial charge in [0.25, 0.3) is 0 Å². The highest BCUT2D eigenvalue weighted by atomic mass is 16.5. The molecule has 0 unspecified atom stereocenters. The van der Waals surface area contributed by atoms with Crippen LogP contribution in [-0.4, -0.2) is 33.6 Å². The van der Waals surface area contributed by atoms with Crippen molar-refractivity contribution in [2.45, 2.75) is 6.54 Å². The molecular formula is C15H15N3O4. The second kappa shape index (κ2) is 7.07. The first-order chi connectivity index (χ1) is 10.6. The van der Waals surface area contributed by atoms with Crippen LogP contribution in [-0.2, 0) is 11.3 Å². The van der Waals surface area contributed by atoms with Crippen molar-refractivity contribution in [2.75, 3.05) is 11.9 Å². The first-order valence-corrected chi connectivity index (χ1v) is 6.48. The van der Waals surface area contributed by atoms with Gasteiger partial charge in [0.1, 0.15) is 6.61 Å². The summed E-state index contributed by atoms with van der Waals surface area (Å²) >= 11 is 0. The van der Waals surface area contributed by atoms with Crippen LogP contribution in [0.3, 0.4) is 0 Å². The van der Waals surface area contributed by atoms with E-state index in [4.69, 9.17) is 9.84 Å². The van der Waals surface area contributed by atoms with E-state index < -0.39 is 12.1 Å². The summed E-state index contributed by atoms with van der Waals surface area (Å²) in [4.78, 5) is 22.5. The fraction of sp³-hybridized carbons (Fsp3) is 0.133. The number of nitrogens with zero attached hydrogens (tertiary/aromatic N) is 2. The highest BCUT2D eigenvalue weighted by molar-refractivity contribution is 5.89. The molecule has 7 heteroatoms. The summed E-state index contributed by atoms with van der Waals surface area (Å²) < 4.78 is 6.32. The minimum Gasteiger partial charge on any atom is -0.478 e. The van der Waals surface area contributed by atoms with E-state index in [2.05, 4.69) is 17.0 Å². The van der Waals surface area contributed by atoms with Crippen LogP contribution in [0.4, 0.5) is 10.5 Å². The molecule has 0 bridgehead atoms. The quantitative estimate of drug-likeness (QED) is 0.799. The minimum absolute atomic E-state index is 0.117. The van der Waals surface area contributed by atoms with E-state index in [-0.39, 0.29) is 18.7 Å². The molecule has 2 N–H and O–H groups in total. The monoisotopic (exact) mass is 301 g/mol. The van der Waals surface area contributed by atoms with Gasteiger partial charge in [0, 0.05) is 6.20 Å². The predicted octanol–water partition coefficient (Wildman–Crippen LogP) is 2.36. The maximum absolute atomic E-state index is 11.4. The number of carbonyl (C=O) groups excluding carboxylic acids is 1. The number of nitrogens with one attached hydrogen (secondary N) is 1. The predicted molar refractivity (Wildman–Crippen MR) is 79.9 cm³/mol. The Morgan fingerprint density at radius 1 is 1.41 bits per heavy atom. The summed E-state index contributed by atoms with van der Waals surface area (Å²) in [5, 5.41) is 15.7. The Morgan fingerprint density at radius 2 is 2.18 bits per heavy atom. The van der Waals surface area contributed by atoms with Crippen LogP contribution in [0.25, 0.3) is 0 Å². The summed E-state index contributed by atoms with van der Waals surface area (Å²) in [6, 6.07) is 6.68. The van der Waals surface area contributed by atoms with Crippen LogP contribution < -0.4 is 5.32 Å². The number of hydrogen-bond acceptors (Lipinski definition) is 4. The molecular weight excluding hydrogens is 286 g/mol. The Hall–Kier alpha value is -3.09. The lowest BCUT2D eigenvalue weighted by Gasteiger charge is -2.06. The number of aromatic nitrogens is 2. The molecule has 114 valence electrons. The maximum atomic E-state index is 11.4. The SMILES string of the molecule is C=CCOC(=O)Nc1cnn(Cc2ccccc2C(=O)O)c1. The number of amides is 1. The lowest BCUT2D eigenvalue weighted by molar-refractivity contribution is 0.0695. The van der Waals surface area contributed by atoms with Gasteiger partial charge in [-0.3, -0.25) is 10.00 Å². The average molecular weight is 301 g/mol. The molecule has 0 aliphatic heterocycles. The Balaban J connectivity index is 2.05. The number of ether oxygens (including phenoxy) is 1. The number of carbonyl (C=O) groups is 2. The van der Waals surface area contributed by atoms with Crippen LogP contribution in [0.15, 0.2) is 49.3 Å². The van der Waals surface area contributed by atoms with E-state index in [1.54, 1.807) is 24.4 Å². The molecule has 1 amide bonds. The van der Waals surface area contributed by atoms with Gasteiger partial charge in [0.2, 0.25) is 0 Å². The molecule has 1 heterocycles. The second-order valence-corrected chi connectivity index (χ2v) is 4.40. The smallest absolute Gasteiger partial charge is 0.412 e. The van der Waals surface area contributed by atoms with Gasteiger partial charge in [0.05, 0.1) is 24.0 Å². The van der Waals surface area contributed by atoms with Gasteiger partial charge in [-0.1, -0.05) is 30.9 Å². The topological polar surface area (TPSA) is 93.5 Å². The lowest BCUT2D eigenvalue weighted by atomic mass is 10.1. The highest BCUT2D eigenvalue weighted by Crippen LogP contribution is 2.12. The number of carboxylic acid groups (broad SMARTS) is 1. The number of carboxylic acids is 1. The fourth-order valence-corrected chi connectivity index (χ4v) is 1.84. The van der Waals surface area contributed by atoms with Gasteiger partial charge in [-0.15, -0.1) is 0 Å². The Labute approximate surface area is 126 Å². The van der Waals surface area contributed by atoms with E-state index in [9.17, 15) is 9.59 Å². The van der Waals surface area contributed by atoms with E-state index in [0.717, 1.165) is 0 Å². The number of benzene rings is 1. The van der Waals surface area contributed by atoms with Crippen molar-refractivity contribution in [1.82, 2.24) is 9.78 Å². The van der Waals surface area contributed by atoms with Crippen LogP contribution in [0.1, 0.15) is 15.9 Å².